The van der Waals surface area contributed by atoms with Gasteiger partial charge in [0.05, 0.1) is 6.54 Å². The standard InChI is InChI=1S/C19H30N4/c1-3-19(16-21-18-20-11-14-22(18)2)9-12-23(13-10-19)15-17-7-5-4-6-8-17/h4-8H,3,9-16H2,1-2H3,(H,20,21). The summed E-state index contributed by atoms with van der Waals surface area (Å²) in [5.74, 6) is 1.09. The molecule has 0 bridgehead atoms. The van der Waals surface area contributed by atoms with Crippen molar-refractivity contribution >= 4 is 5.96 Å². The lowest BCUT2D eigenvalue weighted by molar-refractivity contribution is 0.0967. The predicted octanol–water partition coefficient (Wildman–Crippen LogP) is 2.57. The van der Waals surface area contributed by atoms with Crippen molar-refractivity contribution in [3.8, 4) is 0 Å². The summed E-state index contributed by atoms with van der Waals surface area (Å²) in [5.41, 5.74) is 1.86. The Balaban J connectivity index is 1.50. The Morgan fingerprint density at radius 2 is 1.87 bits per heavy atom. The molecule has 4 heteroatoms. The molecular weight excluding hydrogens is 284 g/mol. The molecule has 0 amide bonds. The van der Waals surface area contributed by atoms with Gasteiger partial charge in [-0.25, -0.2) is 0 Å². The van der Waals surface area contributed by atoms with Crippen LogP contribution in [0.4, 0.5) is 0 Å². The Bertz CT molecular complexity index is 517. The molecule has 1 aromatic carbocycles. The largest absolute Gasteiger partial charge is 0.356 e. The third-order valence-electron chi connectivity index (χ3n) is 5.60. The molecule has 0 aliphatic carbocycles. The van der Waals surface area contributed by atoms with Gasteiger partial charge in [0.15, 0.2) is 5.96 Å². The maximum absolute atomic E-state index is 4.56. The highest BCUT2D eigenvalue weighted by Crippen LogP contribution is 2.34. The maximum Gasteiger partial charge on any atom is 0.193 e. The van der Waals surface area contributed by atoms with Crippen LogP contribution in [0, 0.1) is 5.41 Å². The van der Waals surface area contributed by atoms with Crippen molar-refractivity contribution < 1.29 is 0 Å². The minimum absolute atomic E-state index is 0.430. The molecule has 4 nitrogen and oxygen atoms in total. The van der Waals surface area contributed by atoms with Gasteiger partial charge < -0.3 is 10.2 Å². The van der Waals surface area contributed by atoms with Crippen LogP contribution in [0.5, 0.6) is 0 Å². The Morgan fingerprint density at radius 1 is 1.13 bits per heavy atom. The third-order valence-corrected chi connectivity index (χ3v) is 5.60. The number of piperidine rings is 1. The van der Waals surface area contributed by atoms with Gasteiger partial charge in [-0.1, -0.05) is 37.3 Å². The second kappa shape index (κ2) is 7.35. The number of nitrogens with one attached hydrogen (secondary N) is 1. The lowest BCUT2D eigenvalue weighted by Gasteiger charge is -2.42. The molecule has 0 unspecified atom stereocenters. The number of guanidine groups is 1. The minimum atomic E-state index is 0.430. The van der Waals surface area contributed by atoms with E-state index in [1.54, 1.807) is 0 Å². The summed E-state index contributed by atoms with van der Waals surface area (Å²) in [6, 6.07) is 10.8. The molecule has 1 fully saturated rings. The van der Waals surface area contributed by atoms with Crippen LogP contribution in [-0.2, 0) is 6.54 Å². The molecule has 0 aromatic heterocycles. The lowest BCUT2D eigenvalue weighted by Crippen LogP contribution is -2.47. The second-order valence-corrected chi connectivity index (χ2v) is 7.10. The van der Waals surface area contributed by atoms with E-state index in [1.807, 2.05) is 0 Å². The summed E-state index contributed by atoms with van der Waals surface area (Å²) in [6.07, 6.45) is 3.80. The van der Waals surface area contributed by atoms with Gasteiger partial charge in [-0.05, 0) is 43.3 Å². The summed E-state index contributed by atoms with van der Waals surface area (Å²) in [4.78, 5) is 9.39. The first-order valence-corrected chi connectivity index (χ1v) is 8.96. The van der Waals surface area contributed by atoms with Crippen LogP contribution in [0.25, 0.3) is 0 Å². The monoisotopic (exact) mass is 314 g/mol. The van der Waals surface area contributed by atoms with Crippen LogP contribution in [0.1, 0.15) is 31.7 Å². The van der Waals surface area contributed by atoms with Crippen molar-refractivity contribution in [2.24, 2.45) is 10.4 Å². The Kier molecular flexibility index (Phi) is 5.21. The summed E-state index contributed by atoms with van der Waals surface area (Å²) < 4.78 is 0. The molecule has 1 aromatic rings. The first-order chi connectivity index (χ1) is 11.2. The number of rotatable bonds is 5. The summed E-state index contributed by atoms with van der Waals surface area (Å²) in [6.45, 7) is 8.87. The number of likely N-dealkylation sites (tertiary alicyclic amines) is 1. The van der Waals surface area contributed by atoms with Gasteiger partial charge in [0, 0.05) is 26.7 Å². The second-order valence-electron chi connectivity index (χ2n) is 7.10. The summed E-state index contributed by atoms with van der Waals surface area (Å²) in [5, 5.41) is 3.61. The number of hydrogen-bond acceptors (Lipinski definition) is 4. The Hall–Kier alpha value is -1.55. The lowest BCUT2D eigenvalue weighted by atomic mass is 9.76. The molecule has 1 saturated heterocycles. The fourth-order valence-corrected chi connectivity index (χ4v) is 3.67. The minimum Gasteiger partial charge on any atom is -0.356 e. The molecule has 3 rings (SSSR count). The fourth-order valence-electron chi connectivity index (χ4n) is 3.67. The predicted molar refractivity (Wildman–Crippen MR) is 96.6 cm³/mol. The molecule has 2 aliphatic heterocycles. The first-order valence-electron chi connectivity index (χ1n) is 8.96. The van der Waals surface area contributed by atoms with Gasteiger partial charge in [0.25, 0.3) is 0 Å². The quantitative estimate of drug-likeness (QED) is 0.906. The van der Waals surface area contributed by atoms with Gasteiger partial charge in [-0.15, -0.1) is 0 Å². The normalized spacial score (nSPS) is 21.3. The van der Waals surface area contributed by atoms with E-state index >= 15 is 0 Å². The number of benzene rings is 1. The fraction of sp³-hybridized carbons (Fsp3) is 0.632. The highest BCUT2D eigenvalue weighted by atomic mass is 15.3. The van der Waals surface area contributed by atoms with Crippen LogP contribution in [0.3, 0.4) is 0 Å². The van der Waals surface area contributed by atoms with E-state index < -0.39 is 0 Å². The Morgan fingerprint density at radius 3 is 2.48 bits per heavy atom. The van der Waals surface area contributed by atoms with Crippen molar-refractivity contribution in [3.63, 3.8) is 0 Å². The number of nitrogens with zero attached hydrogens (tertiary/aromatic N) is 3. The van der Waals surface area contributed by atoms with Crippen molar-refractivity contribution in [1.82, 2.24) is 15.1 Å². The summed E-state index contributed by atoms with van der Waals surface area (Å²) >= 11 is 0. The van der Waals surface area contributed by atoms with E-state index in [-0.39, 0.29) is 0 Å². The molecule has 2 heterocycles. The SMILES string of the molecule is CCC1(CNC2=NCCN2C)CCN(Cc2ccccc2)CC1. The zero-order valence-electron chi connectivity index (χ0n) is 14.6. The van der Waals surface area contributed by atoms with Crippen molar-refractivity contribution in [3.05, 3.63) is 35.9 Å². The topological polar surface area (TPSA) is 30.9 Å². The third kappa shape index (κ3) is 4.05. The van der Waals surface area contributed by atoms with Gasteiger partial charge in [0.2, 0.25) is 0 Å². The zero-order chi connectivity index (χ0) is 16.1. The van der Waals surface area contributed by atoms with Crippen molar-refractivity contribution in [2.75, 3.05) is 39.8 Å². The molecule has 2 aliphatic rings. The molecule has 0 radical (unpaired) electrons. The summed E-state index contributed by atoms with van der Waals surface area (Å²) in [7, 11) is 2.12. The van der Waals surface area contributed by atoms with E-state index in [0.717, 1.165) is 32.1 Å². The molecule has 126 valence electrons. The number of hydrogen-bond donors (Lipinski definition) is 1. The zero-order valence-corrected chi connectivity index (χ0v) is 14.6. The molecular formula is C19H30N4. The van der Waals surface area contributed by atoms with E-state index in [4.69, 9.17) is 0 Å². The van der Waals surface area contributed by atoms with Gasteiger partial charge >= 0.3 is 0 Å². The van der Waals surface area contributed by atoms with E-state index in [1.165, 1.54) is 37.9 Å². The van der Waals surface area contributed by atoms with E-state index in [9.17, 15) is 0 Å². The number of aliphatic imine (C=N–C) groups is 1. The van der Waals surface area contributed by atoms with E-state index in [0.29, 0.717) is 5.41 Å². The van der Waals surface area contributed by atoms with Crippen LogP contribution in [-0.4, -0.2) is 55.5 Å². The molecule has 23 heavy (non-hydrogen) atoms. The van der Waals surface area contributed by atoms with Crippen molar-refractivity contribution in [2.45, 2.75) is 32.7 Å². The highest BCUT2D eigenvalue weighted by Gasteiger charge is 2.33. The molecule has 0 atom stereocenters. The van der Waals surface area contributed by atoms with Gasteiger partial charge in [0.1, 0.15) is 0 Å². The number of likely N-dealkylation sites (N-methyl/N-ethyl adjacent to an activating group) is 1. The molecule has 0 saturated carbocycles. The molecule has 0 spiro atoms. The van der Waals surface area contributed by atoms with Gasteiger partial charge in [-0.3, -0.25) is 9.89 Å². The van der Waals surface area contributed by atoms with Crippen LogP contribution < -0.4 is 5.32 Å². The van der Waals surface area contributed by atoms with Crippen LogP contribution >= 0.6 is 0 Å². The molecule has 1 N–H and O–H groups in total. The smallest absolute Gasteiger partial charge is 0.193 e. The first kappa shape index (κ1) is 16.3. The average Bonchev–Trinajstić information content (AvgIpc) is 3.01. The van der Waals surface area contributed by atoms with E-state index in [2.05, 4.69) is 64.4 Å². The van der Waals surface area contributed by atoms with Gasteiger partial charge in [-0.2, -0.15) is 0 Å². The van der Waals surface area contributed by atoms with Crippen LogP contribution in [0.2, 0.25) is 0 Å². The average molecular weight is 314 g/mol. The Labute approximate surface area is 140 Å². The highest BCUT2D eigenvalue weighted by molar-refractivity contribution is 5.81. The van der Waals surface area contributed by atoms with Crippen molar-refractivity contribution in [1.29, 1.82) is 0 Å². The maximum atomic E-state index is 4.56. The van der Waals surface area contributed by atoms with Crippen LogP contribution in [0.15, 0.2) is 35.3 Å².